The molecule has 5 nitrogen and oxygen atoms in total. The molecule has 1 unspecified atom stereocenters. The topological polar surface area (TPSA) is 49.9 Å². The van der Waals surface area contributed by atoms with Gasteiger partial charge in [-0.15, -0.1) is 11.3 Å². The Kier molecular flexibility index (Phi) is 7.21. The van der Waals surface area contributed by atoms with Crippen LogP contribution in [0.5, 0.6) is 5.75 Å². The van der Waals surface area contributed by atoms with E-state index in [2.05, 4.69) is 0 Å². The lowest BCUT2D eigenvalue weighted by molar-refractivity contribution is -0.136. The van der Waals surface area contributed by atoms with Gasteiger partial charge in [-0.2, -0.15) is 0 Å². The molecule has 0 saturated carbocycles. The molecule has 4 rings (SSSR count). The van der Waals surface area contributed by atoms with E-state index in [-0.39, 0.29) is 30.7 Å². The maximum Gasteiger partial charge on any atom is 0.257 e. The summed E-state index contributed by atoms with van der Waals surface area (Å²) in [5, 5.41) is 1.98. The Labute approximate surface area is 207 Å². The van der Waals surface area contributed by atoms with Crippen molar-refractivity contribution in [3.63, 3.8) is 0 Å². The molecule has 0 saturated heterocycles. The summed E-state index contributed by atoms with van der Waals surface area (Å²) < 4.78 is 33.9. The molecule has 1 atom stereocenters. The Morgan fingerprint density at radius 1 is 1.11 bits per heavy atom. The van der Waals surface area contributed by atoms with Crippen LogP contribution in [-0.4, -0.2) is 46.8 Å². The molecule has 1 aliphatic heterocycles. The van der Waals surface area contributed by atoms with Crippen molar-refractivity contribution in [2.45, 2.75) is 38.8 Å². The molecule has 0 bridgehead atoms. The predicted octanol–water partition coefficient (Wildman–Crippen LogP) is 5.47. The Morgan fingerprint density at radius 3 is 2.60 bits per heavy atom. The maximum atomic E-state index is 14.4. The summed E-state index contributed by atoms with van der Waals surface area (Å²) in [4.78, 5) is 31.2. The van der Waals surface area contributed by atoms with Gasteiger partial charge in [-0.25, -0.2) is 8.78 Å². The highest BCUT2D eigenvalue weighted by Gasteiger charge is 2.36. The highest BCUT2D eigenvalue weighted by atomic mass is 32.1. The zero-order valence-corrected chi connectivity index (χ0v) is 20.8. The van der Waals surface area contributed by atoms with Crippen molar-refractivity contribution in [1.29, 1.82) is 0 Å². The number of ether oxygens (including phenoxy) is 1. The first-order chi connectivity index (χ1) is 16.6. The molecule has 3 aromatic rings. The Morgan fingerprint density at radius 2 is 1.89 bits per heavy atom. The smallest absolute Gasteiger partial charge is 0.257 e. The molecule has 0 aliphatic carbocycles. The van der Waals surface area contributed by atoms with Gasteiger partial charge in [0.1, 0.15) is 30.5 Å². The number of nitrogens with zero attached hydrogens (tertiary/aromatic N) is 2. The van der Waals surface area contributed by atoms with Crippen molar-refractivity contribution in [1.82, 2.24) is 9.80 Å². The molecule has 0 fully saturated rings. The molecule has 0 spiro atoms. The quantitative estimate of drug-likeness (QED) is 0.453. The fourth-order valence-corrected chi connectivity index (χ4v) is 5.15. The molecule has 0 radical (unpaired) electrons. The van der Waals surface area contributed by atoms with Crippen LogP contribution in [-0.2, 0) is 11.2 Å². The monoisotopic (exact) mass is 498 g/mol. The second kappa shape index (κ2) is 10.2. The number of thiophene rings is 1. The van der Waals surface area contributed by atoms with Gasteiger partial charge in [0.25, 0.3) is 5.91 Å². The second-order valence-corrected chi connectivity index (χ2v) is 10.5. The minimum absolute atomic E-state index is 0.0695. The highest BCUT2D eigenvalue weighted by molar-refractivity contribution is 7.10. The summed E-state index contributed by atoms with van der Waals surface area (Å²) in [5.41, 5.74) is 0.208. The number of hydrogen-bond acceptors (Lipinski definition) is 4. The number of amides is 2. The van der Waals surface area contributed by atoms with Crippen molar-refractivity contribution in [2.24, 2.45) is 0 Å². The van der Waals surface area contributed by atoms with Crippen LogP contribution in [0.2, 0.25) is 0 Å². The summed E-state index contributed by atoms with van der Waals surface area (Å²) >= 11 is 1.63. The molecular weight excluding hydrogens is 470 g/mol. The number of carbonyl (C=O) groups is 2. The van der Waals surface area contributed by atoms with Crippen molar-refractivity contribution >= 4 is 23.2 Å². The molecule has 2 amide bonds. The molecule has 35 heavy (non-hydrogen) atoms. The van der Waals surface area contributed by atoms with Crippen LogP contribution in [0, 0.1) is 11.6 Å². The minimum Gasteiger partial charge on any atom is -0.491 e. The molecule has 2 aromatic carbocycles. The first kappa shape index (κ1) is 24.9. The number of halogens is 2. The van der Waals surface area contributed by atoms with Crippen LogP contribution in [0.15, 0.2) is 60.0 Å². The van der Waals surface area contributed by atoms with E-state index in [4.69, 9.17) is 4.74 Å². The third kappa shape index (κ3) is 5.53. The summed E-state index contributed by atoms with van der Waals surface area (Å²) in [7, 11) is 0. The van der Waals surface area contributed by atoms with Crippen molar-refractivity contribution in [3.05, 3.63) is 87.6 Å². The van der Waals surface area contributed by atoms with Crippen LogP contribution in [0.25, 0.3) is 0 Å². The third-order valence-corrected chi connectivity index (χ3v) is 7.07. The lowest BCUT2D eigenvalue weighted by Gasteiger charge is -2.40. The van der Waals surface area contributed by atoms with Gasteiger partial charge < -0.3 is 14.5 Å². The van der Waals surface area contributed by atoms with Crippen molar-refractivity contribution in [3.8, 4) is 5.75 Å². The first-order valence-electron chi connectivity index (χ1n) is 11.5. The van der Waals surface area contributed by atoms with Gasteiger partial charge >= 0.3 is 0 Å². The van der Waals surface area contributed by atoms with E-state index in [0.29, 0.717) is 18.7 Å². The van der Waals surface area contributed by atoms with Gasteiger partial charge in [-0.1, -0.05) is 18.2 Å². The predicted molar refractivity (Wildman–Crippen MR) is 132 cm³/mol. The fourth-order valence-electron chi connectivity index (χ4n) is 4.23. The Balaban J connectivity index is 1.57. The van der Waals surface area contributed by atoms with E-state index in [1.165, 1.54) is 40.1 Å². The number of carbonyl (C=O) groups excluding carboxylic acids is 2. The molecular formula is C27H28F2N2O3S. The van der Waals surface area contributed by atoms with E-state index in [1.807, 2.05) is 32.2 Å². The van der Waals surface area contributed by atoms with E-state index >= 15 is 0 Å². The van der Waals surface area contributed by atoms with Gasteiger partial charge in [0.15, 0.2) is 0 Å². The van der Waals surface area contributed by atoms with Gasteiger partial charge in [-0.3, -0.25) is 9.59 Å². The SMILES string of the molecule is CC(C)(C)N(CC(=O)N1CCc2sccc2C1COc1cccc(F)c1)C(=O)c1ccccc1F. The van der Waals surface area contributed by atoms with Crippen molar-refractivity contribution < 1.29 is 23.1 Å². The summed E-state index contributed by atoms with van der Waals surface area (Å²) in [6.45, 7) is 5.86. The first-order valence-corrected chi connectivity index (χ1v) is 12.3. The number of hydrogen-bond donors (Lipinski definition) is 0. The average Bonchev–Trinajstić information content (AvgIpc) is 3.29. The zero-order chi connectivity index (χ0) is 25.2. The summed E-state index contributed by atoms with van der Waals surface area (Å²) in [5.74, 6) is -1.44. The Bertz CT molecular complexity index is 1220. The Hall–Kier alpha value is -3.26. The zero-order valence-electron chi connectivity index (χ0n) is 20.0. The van der Waals surface area contributed by atoms with Crippen LogP contribution in [0.4, 0.5) is 8.78 Å². The van der Waals surface area contributed by atoms with Gasteiger partial charge in [0.2, 0.25) is 5.91 Å². The van der Waals surface area contributed by atoms with Crippen LogP contribution < -0.4 is 4.74 Å². The second-order valence-electron chi connectivity index (χ2n) is 9.46. The fraction of sp³-hybridized carbons (Fsp3) is 0.333. The lowest BCUT2D eigenvalue weighted by Crippen LogP contribution is -2.53. The molecule has 1 aromatic heterocycles. The lowest BCUT2D eigenvalue weighted by atomic mass is 9.99. The van der Waals surface area contributed by atoms with E-state index in [0.717, 1.165) is 5.56 Å². The van der Waals surface area contributed by atoms with E-state index in [9.17, 15) is 18.4 Å². The largest absolute Gasteiger partial charge is 0.491 e. The van der Waals surface area contributed by atoms with Gasteiger partial charge in [-0.05, 0) is 68.5 Å². The number of fused-ring (bicyclic) bond motifs is 1. The third-order valence-electron chi connectivity index (χ3n) is 6.07. The highest BCUT2D eigenvalue weighted by Crippen LogP contribution is 2.34. The van der Waals surface area contributed by atoms with E-state index < -0.39 is 23.1 Å². The normalized spacial score (nSPS) is 15.5. The van der Waals surface area contributed by atoms with Crippen LogP contribution in [0.1, 0.15) is 47.6 Å². The summed E-state index contributed by atoms with van der Waals surface area (Å²) in [6, 6.07) is 13.3. The summed E-state index contributed by atoms with van der Waals surface area (Å²) in [6.07, 6.45) is 0.700. The number of rotatable bonds is 6. The molecule has 2 heterocycles. The maximum absolute atomic E-state index is 14.4. The molecule has 0 N–H and O–H groups in total. The van der Waals surface area contributed by atoms with Crippen LogP contribution in [0.3, 0.4) is 0 Å². The van der Waals surface area contributed by atoms with Crippen molar-refractivity contribution in [2.75, 3.05) is 19.7 Å². The minimum atomic E-state index is -0.716. The molecule has 1 aliphatic rings. The molecule has 8 heteroatoms. The molecule has 184 valence electrons. The average molecular weight is 499 g/mol. The van der Waals surface area contributed by atoms with E-state index in [1.54, 1.807) is 34.4 Å². The standard InChI is InChI=1S/C27H28F2N2O3S/c1-27(2,3)31(26(33)20-9-4-5-10-22(20)29)16-25(32)30-13-11-24-21(12-14-35-24)23(30)17-34-19-8-6-7-18(28)15-19/h4-10,12,14-15,23H,11,13,16-17H2,1-3H3. The number of benzene rings is 2. The van der Waals surface area contributed by atoms with Gasteiger partial charge in [0, 0.05) is 23.0 Å². The van der Waals surface area contributed by atoms with Crippen LogP contribution >= 0.6 is 11.3 Å². The van der Waals surface area contributed by atoms with Gasteiger partial charge in [0.05, 0.1) is 11.6 Å².